The summed E-state index contributed by atoms with van der Waals surface area (Å²) in [6.45, 7) is 0. The third-order valence-corrected chi connectivity index (χ3v) is 4.53. The summed E-state index contributed by atoms with van der Waals surface area (Å²) >= 11 is 5.18. The number of nitrogens with zero attached hydrogens (tertiary/aromatic N) is 1. The first kappa shape index (κ1) is 20.2. The number of benzene rings is 2. The van der Waals surface area contributed by atoms with Gasteiger partial charge in [-0.3, -0.25) is 19.8 Å². The number of anilines is 1. The minimum Gasteiger partial charge on any atom is -0.502 e. The predicted octanol–water partition coefficient (Wildman–Crippen LogP) is 2.25. The quantitative estimate of drug-likeness (QED) is 0.440. The summed E-state index contributed by atoms with van der Waals surface area (Å²) in [6, 6.07) is 9.64. The first-order valence-corrected chi connectivity index (χ1v) is 8.81. The highest BCUT2D eigenvalue weighted by atomic mass is 32.1. The Morgan fingerprint density at radius 2 is 1.59 bits per heavy atom. The van der Waals surface area contributed by atoms with Gasteiger partial charge >= 0.3 is 0 Å². The molecular formula is C20H18N2O6S. The fraction of sp³-hybridized carbons (Fsp3) is 0.150. The molecule has 8 nitrogen and oxygen atoms in total. The number of aromatic hydroxyl groups is 1. The lowest BCUT2D eigenvalue weighted by Crippen LogP contribution is -2.54. The molecule has 2 N–H and O–H groups in total. The van der Waals surface area contributed by atoms with Crippen LogP contribution in [-0.4, -0.2) is 43.4 Å². The number of thiocarbonyl (C=S) groups is 1. The number of nitrogens with one attached hydrogen (secondary N) is 1. The second-order valence-corrected chi connectivity index (χ2v) is 6.32. The molecule has 29 heavy (non-hydrogen) atoms. The van der Waals surface area contributed by atoms with Gasteiger partial charge in [-0.2, -0.15) is 0 Å². The van der Waals surface area contributed by atoms with E-state index in [9.17, 15) is 14.7 Å². The molecule has 0 aliphatic carbocycles. The van der Waals surface area contributed by atoms with Crippen LogP contribution in [0.4, 0.5) is 5.69 Å². The Kier molecular flexibility index (Phi) is 5.69. The monoisotopic (exact) mass is 414 g/mol. The van der Waals surface area contributed by atoms with Crippen molar-refractivity contribution in [3.63, 3.8) is 0 Å². The van der Waals surface area contributed by atoms with Crippen molar-refractivity contribution in [3.05, 3.63) is 47.5 Å². The van der Waals surface area contributed by atoms with Crippen LogP contribution in [0.1, 0.15) is 5.56 Å². The highest BCUT2D eigenvalue weighted by Crippen LogP contribution is 2.38. The zero-order valence-electron chi connectivity index (χ0n) is 15.9. The lowest BCUT2D eigenvalue weighted by atomic mass is 10.1. The summed E-state index contributed by atoms with van der Waals surface area (Å²) in [5, 5.41) is 12.5. The molecule has 0 radical (unpaired) electrons. The van der Waals surface area contributed by atoms with Crippen molar-refractivity contribution >= 4 is 40.9 Å². The van der Waals surface area contributed by atoms with E-state index in [4.69, 9.17) is 26.4 Å². The molecule has 0 unspecified atom stereocenters. The first-order chi connectivity index (χ1) is 13.9. The summed E-state index contributed by atoms with van der Waals surface area (Å²) in [7, 11) is 4.30. The van der Waals surface area contributed by atoms with Crippen LogP contribution >= 0.6 is 12.2 Å². The van der Waals surface area contributed by atoms with Crippen LogP contribution in [0.25, 0.3) is 6.08 Å². The number of rotatable bonds is 5. The normalized spacial score (nSPS) is 15.3. The first-order valence-electron chi connectivity index (χ1n) is 8.40. The molecule has 2 aromatic rings. The van der Waals surface area contributed by atoms with Crippen molar-refractivity contribution in [3.8, 4) is 23.0 Å². The maximum atomic E-state index is 13.0. The molecule has 0 atom stereocenters. The fourth-order valence-electron chi connectivity index (χ4n) is 2.79. The van der Waals surface area contributed by atoms with E-state index in [2.05, 4.69) is 5.32 Å². The second kappa shape index (κ2) is 8.19. The molecule has 1 aliphatic heterocycles. The summed E-state index contributed by atoms with van der Waals surface area (Å²) in [6.07, 6.45) is 1.38. The van der Waals surface area contributed by atoms with Gasteiger partial charge < -0.3 is 19.3 Å². The largest absolute Gasteiger partial charge is 0.502 e. The van der Waals surface area contributed by atoms with Crippen molar-refractivity contribution in [2.24, 2.45) is 0 Å². The van der Waals surface area contributed by atoms with Crippen LogP contribution in [0.3, 0.4) is 0 Å². The van der Waals surface area contributed by atoms with E-state index >= 15 is 0 Å². The Labute approximate surface area is 172 Å². The molecule has 150 valence electrons. The van der Waals surface area contributed by atoms with E-state index in [-0.39, 0.29) is 27.9 Å². The number of amides is 2. The van der Waals surface area contributed by atoms with Crippen molar-refractivity contribution in [2.75, 3.05) is 26.2 Å². The number of phenols is 1. The molecule has 0 spiro atoms. The van der Waals surface area contributed by atoms with E-state index in [0.29, 0.717) is 17.0 Å². The van der Waals surface area contributed by atoms with Crippen LogP contribution in [0, 0.1) is 0 Å². The Bertz CT molecular complexity index is 991. The number of methoxy groups -OCH3 is 3. The molecule has 1 saturated heterocycles. The van der Waals surface area contributed by atoms with Gasteiger partial charge in [0.05, 0.1) is 27.0 Å². The maximum Gasteiger partial charge on any atom is 0.270 e. The Morgan fingerprint density at radius 1 is 1.00 bits per heavy atom. The topological polar surface area (TPSA) is 97.3 Å². The Hall–Kier alpha value is -3.59. The highest BCUT2D eigenvalue weighted by Gasteiger charge is 2.34. The zero-order valence-corrected chi connectivity index (χ0v) is 16.7. The number of phenolic OH excluding ortho intramolecular Hbond substituents is 1. The third-order valence-electron chi connectivity index (χ3n) is 4.25. The van der Waals surface area contributed by atoms with E-state index < -0.39 is 11.8 Å². The van der Waals surface area contributed by atoms with Gasteiger partial charge in [0.1, 0.15) is 11.3 Å². The maximum absolute atomic E-state index is 13.0. The molecule has 9 heteroatoms. The number of hydrogen-bond acceptors (Lipinski definition) is 7. The van der Waals surface area contributed by atoms with Gasteiger partial charge in [0.25, 0.3) is 11.8 Å². The van der Waals surface area contributed by atoms with Gasteiger partial charge in [0.2, 0.25) is 5.75 Å². The van der Waals surface area contributed by atoms with Crippen LogP contribution in [0.15, 0.2) is 42.0 Å². The molecule has 0 aromatic heterocycles. The molecule has 2 aromatic carbocycles. The average Bonchev–Trinajstić information content (AvgIpc) is 2.72. The van der Waals surface area contributed by atoms with Gasteiger partial charge in [0, 0.05) is 0 Å². The Morgan fingerprint density at radius 3 is 2.10 bits per heavy atom. The van der Waals surface area contributed by atoms with E-state index in [1.54, 1.807) is 24.3 Å². The molecular weight excluding hydrogens is 396 g/mol. The lowest BCUT2D eigenvalue weighted by Gasteiger charge is -2.29. The number of hydrogen-bond donors (Lipinski definition) is 2. The van der Waals surface area contributed by atoms with Gasteiger partial charge in [-0.25, -0.2) is 0 Å². The molecule has 0 bridgehead atoms. The number of carbonyl (C=O) groups excluding carboxylic acids is 2. The van der Waals surface area contributed by atoms with Gasteiger partial charge in [-0.15, -0.1) is 0 Å². The van der Waals surface area contributed by atoms with Crippen LogP contribution in [0.2, 0.25) is 0 Å². The SMILES string of the molecule is COc1ccc(N2C(=O)/C(=C\c3cc(OC)c(O)c(OC)c3)C(=O)NC2=S)cc1. The molecule has 3 rings (SSSR count). The smallest absolute Gasteiger partial charge is 0.270 e. The highest BCUT2D eigenvalue weighted by molar-refractivity contribution is 7.80. The second-order valence-electron chi connectivity index (χ2n) is 5.93. The summed E-state index contributed by atoms with van der Waals surface area (Å²) in [4.78, 5) is 26.7. The van der Waals surface area contributed by atoms with Crippen LogP contribution < -0.4 is 24.4 Å². The minimum atomic E-state index is -0.629. The fourth-order valence-corrected chi connectivity index (χ4v) is 3.07. The van der Waals surface area contributed by atoms with Crippen LogP contribution in [0.5, 0.6) is 23.0 Å². The third kappa shape index (κ3) is 3.85. The molecule has 1 heterocycles. The van der Waals surface area contributed by atoms with E-state index in [1.165, 1.54) is 44.4 Å². The summed E-state index contributed by atoms with van der Waals surface area (Å²) in [5.74, 6) is -0.500. The van der Waals surface area contributed by atoms with E-state index in [0.717, 1.165) is 0 Å². The van der Waals surface area contributed by atoms with Gasteiger partial charge in [-0.1, -0.05) is 0 Å². The van der Waals surface area contributed by atoms with Crippen molar-refractivity contribution in [1.82, 2.24) is 5.32 Å². The molecule has 2 amide bonds. The van der Waals surface area contributed by atoms with Gasteiger partial charge in [-0.05, 0) is 60.3 Å². The summed E-state index contributed by atoms with van der Waals surface area (Å²) < 4.78 is 15.3. The minimum absolute atomic E-state index is 0.0248. The lowest BCUT2D eigenvalue weighted by molar-refractivity contribution is -0.122. The van der Waals surface area contributed by atoms with E-state index in [1.807, 2.05) is 0 Å². The van der Waals surface area contributed by atoms with Crippen molar-refractivity contribution in [2.45, 2.75) is 0 Å². The van der Waals surface area contributed by atoms with Crippen molar-refractivity contribution < 1.29 is 28.9 Å². The van der Waals surface area contributed by atoms with Crippen LogP contribution in [-0.2, 0) is 9.59 Å². The molecule has 0 saturated carbocycles. The van der Waals surface area contributed by atoms with Crippen molar-refractivity contribution in [1.29, 1.82) is 0 Å². The standard InChI is InChI=1S/C20H18N2O6S/c1-26-13-6-4-12(5-7-13)22-19(25)14(18(24)21-20(22)29)8-11-9-15(27-2)17(23)16(10-11)28-3/h4-10,23H,1-3H3,(H,21,24,29)/b14-8-. The average molecular weight is 414 g/mol. The Balaban J connectivity index is 2.03. The molecule has 1 aliphatic rings. The molecule has 1 fully saturated rings. The summed E-state index contributed by atoms with van der Waals surface area (Å²) in [5.41, 5.74) is 0.772. The number of carbonyl (C=O) groups is 2. The number of ether oxygens (including phenoxy) is 3. The predicted molar refractivity (Wildman–Crippen MR) is 110 cm³/mol. The van der Waals surface area contributed by atoms with Gasteiger partial charge in [0.15, 0.2) is 16.6 Å². The zero-order chi connectivity index (χ0) is 21.1.